The highest BCUT2D eigenvalue weighted by Crippen LogP contribution is 2.30. The van der Waals surface area contributed by atoms with Gasteiger partial charge in [-0.3, -0.25) is 4.79 Å². The van der Waals surface area contributed by atoms with Crippen LogP contribution in [0.1, 0.15) is 18.1 Å². The maximum atomic E-state index is 12.7. The fourth-order valence-corrected chi connectivity index (χ4v) is 2.12. The van der Waals surface area contributed by atoms with E-state index in [1.165, 1.54) is 23.1 Å². The first-order valence-electron chi connectivity index (χ1n) is 6.65. The Morgan fingerprint density at radius 1 is 1.36 bits per heavy atom. The van der Waals surface area contributed by atoms with Gasteiger partial charge in [-0.1, -0.05) is 12.1 Å². The Hall–Kier alpha value is -2.31. The summed E-state index contributed by atoms with van der Waals surface area (Å²) in [6.45, 7) is 1.95. The van der Waals surface area contributed by atoms with Crippen molar-refractivity contribution in [3.63, 3.8) is 0 Å². The number of carbonyl (C=O) groups is 2. The lowest BCUT2D eigenvalue weighted by molar-refractivity contribution is -0.141. The second kappa shape index (κ2) is 6.21. The van der Waals surface area contributed by atoms with E-state index in [0.717, 1.165) is 12.1 Å². The number of carbonyl (C=O) groups excluding carboxylic acids is 2. The molecule has 0 aliphatic carbocycles. The number of alkyl halides is 3. The molecule has 118 valence electrons. The summed E-state index contributed by atoms with van der Waals surface area (Å²) in [5.74, 6) is -1.24. The average Bonchev–Trinajstić information content (AvgIpc) is 2.80. The molecule has 1 amide bonds. The van der Waals surface area contributed by atoms with Crippen molar-refractivity contribution in [1.82, 2.24) is 4.90 Å². The van der Waals surface area contributed by atoms with Gasteiger partial charge in [0.25, 0.3) is 5.91 Å². The van der Waals surface area contributed by atoms with Gasteiger partial charge in [0, 0.05) is 13.1 Å². The van der Waals surface area contributed by atoms with Crippen LogP contribution < -0.4 is 0 Å². The number of hydrogen-bond acceptors (Lipinski definition) is 3. The number of benzene rings is 1. The molecule has 0 fully saturated rings. The van der Waals surface area contributed by atoms with Crippen LogP contribution in [0.4, 0.5) is 13.2 Å². The first-order valence-corrected chi connectivity index (χ1v) is 6.65. The molecule has 1 heterocycles. The molecule has 0 saturated carbocycles. The van der Waals surface area contributed by atoms with E-state index in [2.05, 4.69) is 0 Å². The van der Waals surface area contributed by atoms with Crippen molar-refractivity contribution in [3.05, 3.63) is 47.0 Å². The Kier molecular flexibility index (Phi) is 4.54. The quantitative estimate of drug-likeness (QED) is 0.634. The van der Waals surface area contributed by atoms with E-state index < -0.39 is 23.6 Å². The molecule has 0 bridgehead atoms. The van der Waals surface area contributed by atoms with Crippen LogP contribution >= 0.6 is 0 Å². The summed E-state index contributed by atoms with van der Waals surface area (Å²) < 4.78 is 42.7. The first-order chi connectivity index (χ1) is 10.3. The largest absolute Gasteiger partial charge is 0.462 e. The van der Waals surface area contributed by atoms with Gasteiger partial charge in [0.1, 0.15) is 5.57 Å². The Bertz CT molecular complexity index is 623. The van der Waals surface area contributed by atoms with Crippen LogP contribution in [0.2, 0.25) is 0 Å². The van der Waals surface area contributed by atoms with Gasteiger partial charge < -0.3 is 9.64 Å². The highest BCUT2D eigenvalue weighted by Gasteiger charge is 2.32. The second-order valence-electron chi connectivity index (χ2n) is 4.72. The van der Waals surface area contributed by atoms with Crippen LogP contribution in [0, 0.1) is 0 Å². The molecule has 2 rings (SSSR count). The monoisotopic (exact) mass is 313 g/mol. The van der Waals surface area contributed by atoms with Gasteiger partial charge in [-0.2, -0.15) is 13.2 Å². The Labute approximate surface area is 125 Å². The highest BCUT2D eigenvalue weighted by molar-refractivity contribution is 6.17. The lowest BCUT2D eigenvalue weighted by Crippen LogP contribution is -2.28. The number of halogens is 3. The smallest absolute Gasteiger partial charge is 0.416 e. The van der Waals surface area contributed by atoms with Crippen LogP contribution in [0.5, 0.6) is 0 Å². The van der Waals surface area contributed by atoms with Crippen LogP contribution in [0.3, 0.4) is 0 Å². The van der Waals surface area contributed by atoms with Crippen LogP contribution in [0.15, 0.2) is 35.9 Å². The van der Waals surface area contributed by atoms with Crippen LogP contribution in [0.25, 0.3) is 0 Å². The number of esters is 1. The topological polar surface area (TPSA) is 46.6 Å². The summed E-state index contributed by atoms with van der Waals surface area (Å²) in [4.78, 5) is 24.9. The van der Waals surface area contributed by atoms with Gasteiger partial charge in [0.05, 0.1) is 12.2 Å². The third-order valence-electron chi connectivity index (χ3n) is 3.16. The van der Waals surface area contributed by atoms with Crippen molar-refractivity contribution < 1.29 is 27.5 Å². The molecule has 1 aliphatic rings. The van der Waals surface area contributed by atoms with E-state index in [9.17, 15) is 22.8 Å². The zero-order chi connectivity index (χ0) is 16.3. The molecule has 1 aromatic rings. The van der Waals surface area contributed by atoms with Gasteiger partial charge in [0.15, 0.2) is 0 Å². The predicted octanol–water partition coefficient (Wildman–Crippen LogP) is 2.54. The standard InChI is InChI=1S/C15H14F3NO3/c1-2-22-14(21)12-6-7-19(13(12)20)9-10-4-3-5-11(8-10)15(16,17)18/h3-6,8H,2,7,9H2,1H3. The van der Waals surface area contributed by atoms with Crippen LogP contribution in [-0.4, -0.2) is 29.9 Å². The van der Waals surface area contributed by atoms with Gasteiger partial charge in [-0.15, -0.1) is 0 Å². The average molecular weight is 313 g/mol. The van der Waals surface area contributed by atoms with Crippen molar-refractivity contribution in [2.24, 2.45) is 0 Å². The third-order valence-corrected chi connectivity index (χ3v) is 3.16. The number of hydrogen-bond donors (Lipinski definition) is 0. The maximum Gasteiger partial charge on any atom is 0.416 e. The van der Waals surface area contributed by atoms with Crippen molar-refractivity contribution in [2.45, 2.75) is 19.6 Å². The molecule has 4 nitrogen and oxygen atoms in total. The minimum Gasteiger partial charge on any atom is -0.462 e. The van der Waals surface area contributed by atoms with Gasteiger partial charge in [-0.25, -0.2) is 4.79 Å². The van der Waals surface area contributed by atoms with Gasteiger partial charge in [0.2, 0.25) is 0 Å². The summed E-state index contributed by atoms with van der Waals surface area (Å²) >= 11 is 0. The summed E-state index contributed by atoms with van der Waals surface area (Å²) in [5, 5.41) is 0. The number of ether oxygens (including phenoxy) is 1. The number of rotatable bonds is 4. The van der Waals surface area contributed by atoms with E-state index in [-0.39, 0.29) is 25.3 Å². The van der Waals surface area contributed by atoms with Gasteiger partial charge in [-0.05, 0) is 30.7 Å². The zero-order valence-electron chi connectivity index (χ0n) is 11.8. The molecule has 0 saturated heterocycles. The van der Waals surface area contributed by atoms with Crippen molar-refractivity contribution in [2.75, 3.05) is 13.2 Å². The van der Waals surface area contributed by atoms with Crippen molar-refractivity contribution >= 4 is 11.9 Å². The maximum absolute atomic E-state index is 12.7. The van der Waals surface area contributed by atoms with Crippen molar-refractivity contribution in [1.29, 1.82) is 0 Å². The predicted molar refractivity (Wildman–Crippen MR) is 71.6 cm³/mol. The molecule has 22 heavy (non-hydrogen) atoms. The summed E-state index contributed by atoms with van der Waals surface area (Å²) in [5.41, 5.74) is -0.495. The molecular weight excluding hydrogens is 299 g/mol. The SMILES string of the molecule is CCOC(=O)C1=CCN(Cc2cccc(C(F)(F)F)c2)C1=O. The molecule has 0 aromatic heterocycles. The Morgan fingerprint density at radius 2 is 2.09 bits per heavy atom. The van der Waals surface area contributed by atoms with E-state index in [1.54, 1.807) is 6.92 Å². The van der Waals surface area contributed by atoms with E-state index in [0.29, 0.717) is 5.56 Å². The zero-order valence-corrected chi connectivity index (χ0v) is 11.8. The highest BCUT2D eigenvalue weighted by atomic mass is 19.4. The number of amides is 1. The summed E-state index contributed by atoms with van der Waals surface area (Å²) in [6.07, 6.45) is -3.01. The Balaban J connectivity index is 2.08. The third kappa shape index (κ3) is 3.47. The van der Waals surface area contributed by atoms with Crippen molar-refractivity contribution in [3.8, 4) is 0 Å². The summed E-state index contributed by atoms with van der Waals surface area (Å²) in [6, 6.07) is 4.76. The molecule has 7 heteroatoms. The number of nitrogens with zero attached hydrogens (tertiary/aromatic N) is 1. The molecule has 1 aliphatic heterocycles. The first kappa shape index (κ1) is 16.1. The summed E-state index contributed by atoms with van der Waals surface area (Å²) in [7, 11) is 0. The molecular formula is C15H14F3NO3. The lowest BCUT2D eigenvalue weighted by Gasteiger charge is -2.17. The van der Waals surface area contributed by atoms with Crippen LogP contribution in [-0.2, 0) is 27.0 Å². The minimum atomic E-state index is -4.43. The molecule has 0 spiro atoms. The second-order valence-corrected chi connectivity index (χ2v) is 4.72. The molecule has 0 radical (unpaired) electrons. The van der Waals surface area contributed by atoms with E-state index >= 15 is 0 Å². The molecule has 0 unspecified atom stereocenters. The minimum absolute atomic E-state index is 0.00214. The molecule has 0 N–H and O–H groups in total. The fourth-order valence-electron chi connectivity index (χ4n) is 2.12. The van der Waals surface area contributed by atoms with Gasteiger partial charge >= 0.3 is 12.1 Å². The molecule has 0 atom stereocenters. The molecule has 1 aromatic carbocycles. The van der Waals surface area contributed by atoms with E-state index in [4.69, 9.17) is 4.74 Å². The lowest BCUT2D eigenvalue weighted by atomic mass is 10.1. The normalized spacial score (nSPS) is 15.0. The van der Waals surface area contributed by atoms with E-state index in [1.807, 2.05) is 0 Å². The fraction of sp³-hybridized carbons (Fsp3) is 0.333. The Morgan fingerprint density at radius 3 is 2.73 bits per heavy atom.